The summed E-state index contributed by atoms with van der Waals surface area (Å²) < 4.78 is 4.94. The van der Waals surface area contributed by atoms with Crippen LogP contribution in [0.3, 0.4) is 0 Å². The molecule has 0 atom stereocenters. The van der Waals surface area contributed by atoms with E-state index in [0.717, 1.165) is 12.8 Å². The van der Waals surface area contributed by atoms with Crippen LogP contribution in [0.15, 0.2) is 4.52 Å². The van der Waals surface area contributed by atoms with Gasteiger partial charge in [-0.2, -0.15) is 4.98 Å². The first kappa shape index (κ1) is 9.65. The predicted molar refractivity (Wildman–Crippen MR) is 52.5 cm³/mol. The molecule has 14 heavy (non-hydrogen) atoms. The molecule has 0 saturated heterocycles. The first-order valence-electron chi connectivity index (χ1n) is 5.11. The van der Waals surface area contributed by atoms with Crippen LogP contribution in [0.25, 0.3) is 0 Å². The van der Waals surface area contributed by atoms with Crippen molar-refractivity contribution in [2.75, 3.05) is 0 Å². The molecule has 0 spiro atoms. The SMILES string of the molecule is Cc1nc(C2(N)CC(C(C)C)C2)no1. The number of hydrogen-bond acceptors (Lipinski definition) is 4. The van der Waals surface area contributed by atoms with Crippen molar-refractivity contribution in [2.45, 2.75) is 39.2 Å². The Morgan fingerprint density at radius 1 is 1.50 bits per heavy atom. The maximum absolute atomic E-state index is 6.18. The van der Waals surface area contributed by atoms with Crippen LogP contribution < -0.4 is 5.73 Å². The summed E-state index contributed by atoms with van der Waals surface area (Å²) in [5, 5.41) is 3.89. The number of nitrogens with zero attached hydrogens (tertiary/aromatic N) is 2. The molecule has 1 fully saturated rings. The Kier molecular flexibility index (Phi) is 2.10. The molecule has 2 rings (SSSR count). The summed E-state index contributed by atoms with van der Waals surface area (Å²) in [6, 6.07) is 0. The van der Waals surface area contributed by atoms with Gasteiger partial charge in [-0.25, -0.2) is 0 Å². The second kappa shape index (κ2) is 3.05. The molecule has 0 radical (unpaired) electrons. The van der Waals surface area contributed by atoms with Crippen molar-refractivity contribution in [1.29, 1.82) is 0 Å². The molecule has 1 aliphatic rings. The lowest BCUT2D eigenvalue weighted by molar-refractivity contribution is 0.0945. The van der Waals surface area contributed by atoms with Crippen LogP contribution in [-0.2, 0) is 5.54 Å². The summed E-state index contributed by atoms with van der Waals surface area (Å²) >= 11 is 0. The van der Waals surface area contributed by atoms with Gasteiger partial charge in [0.1, 0.15) is 0 Å². The third-order valence-electron chi connectivity index (χ3n) is 3.17. The van der Waals surface area contributed by atoms with E-state index in [4.69, 9.17) is 10.3 Å². The van der Waals surface area contributed by atoms with Gasteiger partial charge in [0.05, 0.1) is 5.54 Å². The molecule has 1 saturated carbocycles. The molecule has 0 aliphatic heterocycles. The molecular formula is C10H17N3O. The smallest absolute Gasteiger partial charge is 0.223 e. The monoisotopic (exact) mass is 195 g/mol. The van der Waals surface area contributed by atoms with Gasteiger partial charge in [0.15, 0.2) is 5.82 Å². The van der Waals surface area contributed by atoms with Crippen LogP contribution in [0.5, 0.6) is 0 Å². The Balaban J connectivity index is 2.07. The van der Waals surface area contributed by atoms with Crippen LogP contribution >= 0.6 is 0 Å². The quantitative estimate of drug-likeness (QED) is 0.778. The standard InChI is InChI=1S/C10H17N3O/c1-6(2)8-4-10(11,5-8)9-12-7(3)14-13-9/h6,8H,4-5,11H2,1-3H3. The second-order valence-electron chi connectivity index (χ2n) is 4.71. The van der Waals surface area contributed by atoms with Gasteiger partial charge in [-0.3, -0.25) is 0 Å². The topological polar surface area (TPSA) is 64.9 Å². The molecule has 2 N–H and O–H groups in total. The molecule has 1 heterocycles. The number of nitrogens with two attached hydrogens (primary N) is 1. The Labute approximate surface area is 83.9 Å². The van der Waals surface area contributed by atoms with Crippen LogP contribution in [0.2, 0.25) is 0 Å². The van der Waals surface area contributed by atoms with E-state index in [9.17, 15) is 0 Å². The minimum absolute atomic E-state index is 0.327. The average Bonchev–Trinajstić information content (AvgIpc) is 2.45. The largest absolute Gasteiger partial charge is 0.340 e. The third kappa shape index (κ3) is 1.43. The summed E-state index contributed by atoms with van der Waals surface area (Å²) in [4.78, 5) is 4.20. The number of hydrogen-bond donors (Lipinski definition) is 1. The molecule has 1 aliphatic carbocycles. The fourth-order valence-electron chi connectivity index (χ4n) is 2.03. The van der Waals surface area contributed by atoms with E-state index in [1.807, 2.05) is 0 Å². The van der Waals surface area contributed by atoms with Gasteiger partial charge in [-0.05, 0) is 24.7 Å². The number of aromatic nitrogens is 2. The minimum atomic E-state index is -0.327. The second-order valence-corrected chi connectivity index (χ2v) is 4.71. The Bertz CT molecular complexity index is 326. The summed E-state index contributed by atoms with van der Waals surface area (Å²) in [7, 11) is 0. The molecule has 0 amide bonds. The van der Waals surface area contributed by atoms with Crippen LogP contribution in [-0.4, -0.2) is 10.1 Å². The summed E-state index contributed by atoms with van der Waals surface area (Å²) in [5.74, 6) is 2.67. The van der Waals surface area contributed by atoms with E-state index in [0.29, 0.717) is 23.6 Å². The highest BCUT2D eigenvalue weighted by molar-refractivity contribution is 5.11. The molecule has 78 valence electrons. The van der Waals surface area contributed by atoms with Gasteiger partial charge < -0.3 is 10.3 Å². The van der Waals surface area contributed by atoms with Gasteiger partial charge in [0.25, 0.3) is 0 Å². The van der Waals surface area contributed by atoms with Crippen molar-refractivity contribution in [3.05, 3.63) is 11.7 Å². The molecule has 0 bridgehead atoms. The molecule has 1 aromatic rings. The van der Waals surface area contributed by atoms with Gasteiger partial charge >= 0.3 is 0 Å². The van der Waals surface area contributed by atoms with E-state index in [-0.39, 0.29) is 5.54 Å². The summed E-state index contributed by atoms with van der Waals surface area (Å²) in [5.41, 5.74) is 5.85. The lowest BCUT2D eigenvalue weighted by Gasteiger charge is -2.44. The van der Waals surface area contributed by atoms with Crippen molar-refractivity contribution in [2.24, 2.45) is 17.6 Å². The van der Waals surface area contributed by atoms with E-state index in [1.165, 1.54) is 0 Å². The van der Waals surface area contributed by atoms with Crippen molar-refractivity contribution in [1.82, 2.24) is 10.1 Å². The summed E-state index contributed by atoms with van der Waals surface area (Å²) in [6.45, 7) is 6.25. The van der Waals surface area contributed by atoms with E-state index >= 15 is 0 Å². The van der Waals surface area contributed by atoms with Gasteiger partial charge in [-0.15, -0.1) is 0 Å². The third-order valence-corrected chi connectivity index (χ3v) is 3.17. The fraction of sp³-hybridized carbons (Fsp3) is 0.800. The highest BCUT2D eigenvalue weighted by Gasteiger charge is 2.46. The van der Waals surface area contributed by atoms with Crippen LogP contribution in [0, 0.1) is 18.8 Å². The van der Waals surface area contributed by atoms with Gasteiger partial charge in [0, 0.05) is 6.92 Å². The minimum Gasteiger partial charge on any atom is -0.340 e. The summed E-state index contributed by atoms with van der Waals surface area (Å²) in [6.07, 6.45) is 1.95. The first-order chi connectivity index (χ1) is 6.51. The number of rotatable bonds is 2. The van der Waals surface area contributed by atoms with E-state index < -0.39 is 0 Å². The zero-order chi connectivity index (χ0) is 10.3. The highest BCUT2D eigenvalue weighted by atomic mass is 16.5. The molecule has 1 aromatic heterocycles. The molecule has 0 aromatic carbocycles. The predicted octanol–water partition coefficient (Wildman–Crippen LogP) is 1.60. The molecular weight excluding hydrogens is 178 g/mol. The number of aryl methyl sites for hydroxylation is 1. The zero-order valence-electron chi connectivity index (χ0n) is 8.95. The van der Waals surface area contributed by atoms with Gasteiger partial charge in [-0.1, -0.05) is 19.0 Å². The fourth-order valence-corrected chi connectivity index (χ4v) is 2.03. The maximum atomic E-state index is 6.18. The lowest BCUT2D eigenvalue weighted by Crippen LogP contribution is -2.51. The maximum Gasteiger partial charge on any atom is 0.223 e. The molecule has 0 unspecified atom stereocenters. The zero-order valence-corrected chi connectivity index (χ0v) is 8.95. The van der Waals surface area contributed by atoms with Crippen LogP contribution in [0.4, 0.5) is 0 Å². The van der Waals surface area contributed by atoms with Crippen molar-refractivity contribution < 1.29 is 4.52 Å². The van der Waals surface area contributed by atoms with Crippen molar-refractivity contribution in [3.8, 4) is 0 Å². The Morgan fingerprint density at radius 2 is 2.14 bits per heavy atom. The Morgan fingerprint density at radius 3 is 2.57 bits per heavy atom. The Hall–Kier alpha value is -0.900. The van der Waals surface area contributed by atoms with E-state index in [1.54, 1.807) is 6.92 Å². The lowest BCUT2D eigenvalue weighted by atomic mass is 9.64. The molecule has 4 nitrogen and oxygen atoms in total. The van der Waals surface area contributed by atoms with Crippen molar-refractivity contribution in [3.63, 3.8) is 0 Å². The van der Waals surface area contributed by atoms with Crippen LogP contribution in [0.1, 0.15) is 38.4 Å². The normalized spacial score (nSPS) is 31.9. The molecule has 4 heteroatoms. The van der Waals surface area contributed by atoms with Gasteiger partial charge in [0.2, 0.25) is 5.89 Å². The first-order valence-corrected chi connectivity index (χ1v) is 5.11. The van der Waals surface area contributed by atoms with Crippen molar-refractivity contribution >= 4 is 0 Å². The van der Waals surface area contributed by atoms with E-state index in [2.05, 4.69) is 24.0 Å². The highest BCUT2D eigenvalue weighted by Crippen LogP contribution is 2.45. The average molecular weight is 195 g/mol.